The van der Waals surface area contributed by atoms with E-state index in [1.807, 2.05) is 6.07 Å². The van der Waals surface area contributed by atoms with Crippen LogP contribution in [0.15, 0.2) is 60.7 Å². The van der Waals surface area contributed by atoms with Gasteiger partial charge in [-0.15, -0.1) is 0 Å². The molecular weight excluding hydrogens is 464 g/mol. The first-order valence-corrected chi connectivity index (χ1v) is 11.1. The summed E-state index contributed by atoms with van der Waals surface area (Å²) in [4.78, 5) is 0. The smallest absolute Gasteiger partial charge is 0.166 e. The van der Waals surface area contributed by atoms with E-state index in [-0.39, 0.29) is 34.5 Å². The predicted octanol–water partition coefficient (Wildman–Crippen LogP) is 5.32. The first-order valence-electron chi connectivity index (χ1n) is 11.1. The number of rotatable bonds is 2. The summed E-state index contributed by atoms with van der Waals surface area (Å²) >= 11 is 0. The second kappa shape index (κ2) is 7.78. The molecule has 1 aliphatic carbocycles. The van der Waals surface area contributed by atoms with Crippen molar-refractivity contribution in [1.29, 1.82) is 0 Å². The third-order valence-electron chi connectivity index (χ3n) is 6.31. The molecule has 180 valence electrons. The number of aromatic hydroxyl groups is 6. The molecular formula is C28H20O8. The highest BCUT2D eigenvalue weighted by atomic mass is 16.6. The third kappa shape index (κ3) is 3.47. The van der Waals surface area contributed by atoms with Crippen molar-refractivity contribution in [3.05, 3.63) is 82.9 Å². The molecule has 0 fully saturated rings. The maximum absolute atomic E-state index is 10.6. The number of fused-ring (bicyclic) bond motifs is 7. The maximum atomic E-state index is 10.6. The van der Waals surface area contributed by atoms with E-state index in [1.54, 1.807) is 24.3 Å². The average Bonchev–Trinajstić information content (AvgIpc) is 2.82. The Bertz CT molecular complexity index is 1550. The lowest BCUT2D eigenvalue weighted by Gasteiger charge is -2.39. The molecule has 0 aromatic heterocycles. The largest absolute Gasteiger partial charge is 0.508 e. The van der Waals surface area contributed by atoms with Gasteiger partial charge in [-0.2, -0.15) is 0 Å². The Morgan fingerprint density at radius 2 is 1.17 bits per heavy atom. The summed E-state index contributed by atoms with van der Waals surface area (Å²) in [6.07, 6.45) is 2.04. The van der Waals surface area contributed by atoms with Crippen LogP contribution in [0, 0.1) is 0 Å². The lowest BCUT2D eigenvalue weighted by molar-refractivity contribution is 0.0166. The van der Waals surface area contributed by atoms with Gasteiger partial charge in [0.1, 0.15) is 23.0 Å². The molecule has 1 heterocycles. The summed E-state index contributed by atoms with van der Waals surface area (Å²) in [5, 5.41) is 60.4. The lowest BCUT2D eigenvalue weighted by atomic mass is 9.80. The van der Waals surface area contributed by atoms with Crippen LogP contribution in [-0.2, 0) is 0 Å². The van der Waals surface area contributed by atoms with E-state index in [0.29, 0.717) is 39.3 Å². The molecule has 36 heavy (non-hydrogen) atoms. The van der Waals surface area contributed by atoms with Crippen molar-refractivity contribution in [3.63, 3.8) is 0 Å². The second-order valence-corrected chi connectivity index (χ2v) is 8.76. The fourth-order valence-corrected chi connectivity index (χ4v) is 4.77. The van der Waals surface area contributed by atoms with Gasteiger partial charge in [-0.3, -0.25) is 0 Å². The number of phenolic OH excluding ortho intramolecular Hbond substituents is 6. The fraction of sp³-hybridized carbons (Fsp3) is 0.0714. The van der Waals surface area contributed by atoms with E-state index >= 15 is 0 Å². The van der Waals surface area contributed by atoms with Gasteiger partial charge < -0.3 is 40.1 Å². The summed E-state index contributed by atoms with van der Waals surface area (Å²) in [6.45, 7) is 0. The maximum Gasteiger partial charge on any atom is 0.166 e. The van der Waals surface area contributed by atoms with Gasteiger partial charge in [-0.1, -0.05) is 18.2 Å². The van der Waals surface area contributed by atoms with Crippen LogP contribution in [0.3, 0.4) is 0 Å². The average molecular weight is 484 g/mol. The minimum absolute atomic E-state index is 0.0505. The molecule has 2 unspecified atom stereocenters. The molecule has 6 rings (SSSR count). The Labute approximate surface area is 204 Å². The molecule has 0 saturated heterocycles. The first-order chi connectivity index (χ1) is 17.3. The highest BCUT2D eigenvalue weighted by molar-refractivity contribution is 5.83. The quantitative estimate of drug-likeness (QED) is 0.166. The van der Waals surface area contributed by atoms with Crippen LogP contribution in [0.25, 0.3) is 23.3 Å². The predicted molar refractivity (Wildman–Crippen MR) is 130 cm³/mol. The molecule has 2 atom stereocenters. The monoisotopic (exact) mass is 484 g/mol. The van der Waals surface area contributed by atoms with Crippen molar-refractivity contribution in [3.8, 4) is 57.1 Å². The van der Waals surface area contributed by atoms with Crippen LogP contribution < -0.4 is 9.47 Å². The highest BCUT2D eigenvalue weighted by Gasteiger charge is 2.42. The fourth-order valence-electron chi connectivity index (χ4n) is 4.77. The summed E-state index contributed by atoms with van der Waals surface area (Å²) < 4.78 is 12.6. The van der Waals surface area contributed by atoms with Gasteiger partial charge >= 0.3 is 0 Å². The molecule has 2 aliphatic rings. The van der Waals surface area contributed by atoms with E-state index in [1.165, 1.54) is 42.5 Å². The molecule has 6 N–H and O–H groups in total. The molecule has 0 bridgehead atoms. The van der Waals surface area contributed by atoms with E-state index < -0.39 is 12.2 Å². The van der Waals surface area contributed by atoms with Crippen LogP contribution in [0.5, 0.6) is 46.0 Å². The topological polar surface area (TPSA) is 140 Å². The normalized spacial score (nSPS) is 17.3. The van der Waals surface area contributed by atoms with Gasteiger partial charge in [-0.25, -0.2) is 0 Å². The zero-order valence-corrected chi connectivity index (χ0v) is 18.6. The number of hydrogen-bond donors (Lipinski definition) is 6. The van der Waals surface area contributed by atoms with Crippen molar-refractivity contribution in [1.82, 2.24) is 0 Å². The summed E-state index contributed by atoms with van der Waals surface area (Å²) in [6, 6.07) is 15.0. The summed E-state index contributed by atoms with van der Waals surface area (Å²) in [5.74, 6) is -0.252. The van der Waals surface area contributed by atoms with Crippen LogP contribution >= 0.6 is 0 Å². The molecule has 0 amide bonds. The van der Waals surface area contributed by atoms with Gasteiger partial charge in [0, 0.05) is 28.8 Å². The van der Waals surface area contributed by atoms with Gasteiger partial charge in [0.15, 0.2) is 35.2 Å². The van der Waals surface area contributed by atoms with E-state index in [2.05, 4.69) is 0 Å². The van der Waals surface area contributed by atoms with Crippen LogP contribution in [0.2, 0.25) is 0 Å². The molecule has 8 heteroatoms. The number of ether oxygens (including phenoxy) is 2. The van der Waals surface area contributed by atoms with Crippen molar-refractivity contribution >= 4 is 12.2 Å². The Hall–Kier alpha value is -4.98. The summed E-state index contributed by atoms with van der Waals surface area (Å²) in [5.41, 5.74) is 3.18. The van der Waals surface area contributed by atoms with E-state index in [0.717, 1.165) is 5.56 Å². The molecule has 1 aliphatic heterocycles. The minimum Gasteiger partial charge on any atom is -0.508 e. The second-order valence-electron chi connectivity index (χ2n) is 8.76. The number of hydrogen-bond acceptors (Lipinski definition) is 8. The molecule has 0 spiro atoms. The van der Waals surface area contributed by atoms with E-state index in [9.17, 15) is 30.6 Å². The van der Waals surface area contributed by atoms with Gasteiger partial charge in [-0.05, 0) is 59.2 Å². The lowest BCUT2D eigenvalue weighted by Crippen LogP contribution is -2.30. The van der Waals surface area contributed by atoms with Crippen LogP contribution in [0.4, 0.5) is 0 Å². The molecule has 4 aromatic rings. The van der Waals surface area contributed by atoms with Crippen LogP contribution in [-0.4, -0.2) is 30.6 Å². The third-order valence-corrected chi connectivity index (χ3v) is 6.31. The Morgan fingerprint density at radius 3 is 1.94 bits per heavy atom. The van der Waals surface area contributed by atoms with Crippen molar-refractivity contribution < 1.29 is 40.1 Å². The number of benzene rings is 4. The Kier molecular flexibility index (Phi) is 4.65. The SMILES string of the molecule is Oc1cc(O)cc(C=Cc2ccc3c(c2)OC2c4cc(O)c(O)cc4-c4c(O)cc(O)cc4C2O3)c1. The zero-order chi connectivity index (χ0) is 25.1. The van der Waals surface area contributed by atoms with Crippen molar-refractivity contribution in [2.75, 3.05) is 0 Å². The standard InChI is InChI=1S/C28H20O8/c29-15-5-14(6-16(30)8-15)2-1-13-3-4-24-25(7-13)36-27-19-12-22(33)21(32)11-18(19)26-20(28(27)35-24)9-17(31)10-23(26)34/h1-12,27-34H. The highest BCUT2D eigenvalue weighted by Crippen LogP contribution is 2.57. The molecule has 4 aromatic carbocycles. The van der Waals surface area contributed by atoms with Crippen molar-refractivity contribution in [2.24, 2.45) is 0 Å². The Balaban J connectivity index is 1.42. The van der Waals surface area contributed by atoms with Crippen molar-refractivity contribution in [2.45, 2.75) is 12.2 Å². The zero-order valence-electron chi connectivity index (χ0n) is 18.6. The van der Waals surface area contributed by atoms with Gasteiger partial charge in [0.25, 0.3) is 0 Å². The molecule has 0 radical (unpaired) electrons. The molecule has 8 nitrogen and oxygen atoms in total. The van der Waals surface area contributed by atoms with Gasteiger partial charge in [0.05, 0.1) is 0 Å². The minimum atomic E-state index is -0.741. The summed E-state index contributed by atoms with van der Waals surface area (Å²) in [7, 11) is 0. The Morgan fingerprint density at radius 1 is 0.528 bits per heavy atom. The number of phenols is 6. The van der Waals surface area contributed by atoms with Crippen LogP contribution in [0.1, 0.15) is 34.5 Å². The van der Waals surface area contributed by atoms with Gasteiger partial charge in [0.2, 0.25) is 0 Å². The first kappa shape index (κ1) is 21.5. The molecule has 0 saturated carbocycles. The van der Waals surface area contributed by atoms with E-state index in [4.69, 9.17) is 9.47 Å².